The largest absolute Gasteiger partial charge is 0.311 e. The molecule has 0 aliphatic rings. The first-order chi connectivity index (χ1) is 8.65. The third-order valence-corrected chi connectivity index (χ3v) is 2.86. The van der Waals surface area contributed by atoms with Gasteiger partial charge in [0.2, 0.25) is 0 Å². The molecule has 0 radical (unpaired) electrons. The summed E-state index contributed by atoms with van der Waals surface area (Å²) in [5.74, 6) is 0. The van der Waals surface area contributed by atoms with E-state index in [0.717, 1.165) is 25.3 Å². The first kappa shape index (κ1) is 12.8. The van der Waals surface area contributed by atoms with Crippen LogP contribution in [0.3, 0.4) is 0 Å². The van der Waals surface area contributed by atoms with Crippen LogP contribution in [0.5, 0.6) is 0 Å². The fraction of sp³-hybridized carbons (Fsp3) is 0.583. The summed E-state index contributed by atoms with van der Waals surface area (Å²) in [6.07, 6.45) is 3.56. The number of nitrogens with zero attached hydrogens (tertiary/aromatic N) is 5. The number of aryl methyl sites for hydroxylation is 2. The SMILES string of the molecule is Cc1cc(C)n(CC(C)NCCn2ccnn2)n1. The highest BCUT2D eigenvalue weighted by Gasteiger charge is 2.06. The molecule has 2 aromatic heterocycles. The van der Waals surface area contributed by atoms with E-state index in [0.29, 0.717) is 6.04 Å². The van der Waals surface area contributed by atoms with Crippen molar-refractivity contribution in [3.05, 3.63) is 29.8 Å². The van der Waals surface area contributed by atoms with Gasteiger partial charge < -0.3 is 5.32 Å². The Morgan fingerprint density at radius 1 is 1.39 bits per heavy atom. The molecule has 0 fully saturated rings. The molecular weight excluding hydrogens is 228 g/mol. The third kappa shape index (κ3) is 3.40. The van der Waals surface area contributed by atoms with Gasteiger partial charge in [0.1, 0.15) is 0 Å². The highest BCUT2D eigenvalue weighted by atomic mass is 15.4. The maximum atomic E-state index is 4.46. The second-order valence-corrected chi connectivity index (χ2v) is 4.63. The molecule has 2 aromatic rings. The lowest BCUT2D eigenvalue weighted by atomic mass is 10.3. The van der Waals surface area contributed by atoms with E-state index >= 15 is 0 Å². The minimum Gasteiger partial charge on any atom is -0.311 e. The number of nitrogens with one attached hydrogen (secondary N) is 1. The molecule has 0 saturated carbocycles. The summed E-state index contributed by atoms with van der Waals surface area (Å²) < 4.78 is 3.87. The van der Waals surface area contributed by atoms with Crippen LogP contribution in [0.4, 0.5) is 0 Å². The van der Waals surface area contributed by atoms with Crippen molar-refractivity contribution in [2.75, 3.05) is 6.54 Å². The third-order valence-electron chi connectivity index (χ3n) is 2.86. The fourth-order valence-electron chi connectivity index (χ4n) is 1.96. The summed E-state index contributed by atoms with van der Waals surface area (Å²) in [7, 11) is 0. The highest BCUT2D eigenvalue weighted by molar-refractivity contribution is 5.06. The minimum atomic E-state index is 0.381. The fourth-order valence-corrected chi connectivity index (χ4v) is 1.96. The molecule has 0 amide bonds. The lowest BCUT2D eigenvalue weighted by Gasteiger charge is -2.14. The molecule has 1 N–H and O–H groups in total. The lowest BCUT2D eigenvalue weighted by Crippen LogP contribution is -2.33. The molecular formula is C12H20N6. The van der Waals surface area contributed by atoms with E-state index in [1.165, 1.54) is 5.69 Å². The van der Waals surface area contributed by atoms with Crippen molar-refractivity contribution in [3.8, 4) is 0 Å². The van der Waals surface area contributed by atoms with Crippen LogP contribution in [-0.2, 0) is 13.1 Å². The predicted octanol–water partition coefficient (Wildman–Crippen LogP) is 0.770. The van der Waals surface area contributed by atoms with Crippen molar-refractivity contribution < 1.29 is 0 Å². The summed E-state index contributed by atoms with van der Waals surface area (Å²) >= 11 is 0. The van der Waals surface area contributed by atoms with Crippen LogP contribution in [0.15, 0.2) is 18.5 Å². The topological polar surface area (TPSA) is 60.6 Å². The van der Waals surface area contributed by atoms with Gasteiger partial charge in [-0.15, -0.1) is 5.10 Å². The van der Waals surface area contributed by atoms with Gasteiger partial charge in [0, 0.05) is 24.5 Å². The molecule has 98 valence electrons. The van der Waals surface area contributed by atoms with Gasteiger partial charge in [-0.3, -0.25) is 9.36 Å². The van der Waals surface area contributed by atoms with E-state index in [4.69, 9.17) is 0 Å². The van der Waals surface area contributed by atoms with E-state index in [-0.39, 0.29) is 0 Å². The zero-order valence-electron chi connectivity index (χ0n) is 11.2. The molecule has 0 bridgehead atoms. The Morgan fingerprint density at radius 2 is 2.22 bits per heavy atom. The first-order valence-corrected chi connectivity index (χ1v) is 6.23. The van der Waals surface area contributed by atoms with Crippen LogP contribution in [0, 0.1) is 13.8 Å². The van der Waals surface area contributed by atoms with Gasteiger partial charge in [0.25, 0.3) is 0 Å². The standard InChI is InChI=1S/C12H20N6/c1-10-8-12(3)18(15-10)9-11(2)13-4-6-17-7-5-14-16-17/h5,7-8,11,13H,4,6,9H2,1-3H3. The van der Waals surface area contributed by atoms with Crippen molar-refractivity contribution in [1.29, 1.82) is 0 Å². The molecule has 0 aromatic carbocycles. The van der Waals surface area contributed by atoms with Crippen molar-refractivity contribution >= 4 is 0 Å². The van der Waals surface area contributed by atoms with Crippen molar-refractivity contribution in [1.82, 2.24) is 30.1 Å². The average molecular weight is 248 g/mol. The van der Waals surface area contributed by atoms with Gasteiger partial charge in [-0.1, -0.05) is 5.21 Å². The maximum Gasteiger partial charge on any atom is 0.0692 e. The molecule has 0 spiro atoms. The smallest absolute Gasteiger partial charge is 0.0692 e. The quantitative estimate of drug-likeness (QED) is 0.820. The second-order valence-electron chi connectivity index (χ2n) is 4.63. The van der Waals surface area contributed by atoms with Crippen LogP contribution >= 0.6 is 0 Å². The van der Waals surface area contributed by atoms with Gasteiger partial charge >= 0.3 is 0 Å². The van der Waals surface area contributed by atoms with E-state index in [2.05, 4.69) is 40.6 Å². The summed E-state index contributed by atoms with van der Waals surface area (Å²) in [5, 5.41) is 15.6. The Morgan fingerprint density at radius 3 is 2.83 bits per heavy atom. The molecule has 0 aliphatic heterocycles. The molecule has 1 unspecified atom stereocenters. The zero-order valence-corrected chi connectivity index (χ0v) is 11.2. The van der Waals surface area contributed by atoms with Crippen LogP contribution in [0.2, 0.25) is 0 Å². The van der Waals surface area contributed by atoms with Crippen molar-refractivity contribution in [3.63, 3.8) is 0 Å². The maximum absolute atomic E-state index is 4.46. The second kappa shape index (κ2) is 5.77. The lowest BCUT2D eigenvalue weighted by molar-refractivity contribution is 0.425. The van der Waals surface area contributed by atoms with Crippen molar-refractivity contribution in [2.24, 2.45) is 0 Å². The van der Waals surface area contributed by atoms with E-state index in [1.807, 2.05) is 22.5 Å². The van der Waals surface area contributed by atoms with Gasteiger partial charge in [0.15, 0.2) is 0 Å². The molecule has 18 heavy (non-hydrogen) atoms. The number of aromatic nitrogens is 5. The Kier molecular flexibility index (Phi) is 4.09. The predicted molar refractivity (Wildman–Crippen MR) is 69.2 cm³/mol. The van der Waals surface area contributed by atoms with Gasteiger partial charge in [-0.25, -0.2) is 0 Å². The van der Waals surface area contributed by atoms with Crippen LogP contribution in [-0.4, -0.2) is 37.4 Å². The minimum absolute atomic E-state index is 0.381. The summed E-state index contributed by atoms with van der Waals surface area (Å²) in [6.45, 7) is 8.87. The van der Waals surface area contributed by atoms with Gasteiger partial charge in [-0.05, 0) is 26.8 Å². The first-order valence-electron chi connectivity index (χ1n) is 6.23. The van der Waals surface area contributed by atoms with Gasteiger partial charge in [-0.2, -0.15) is 5.10 Å². The normalized spacial score (nSPS) is 12.8. The van der Waals surface area contributed by atoms with E-state index < -0.39 is 0 Å². The molecule has 0 saturated heterocycles. The zero-order chi connectivity index (χ0) is 13.0. The summed E-state index contributed by atoms with van der Waals surface area (Å²) in [6, 6.07) is 2.48. The molecule has 2 heterocycles. The number of hydrogen-bond acceptors (Lipinski definition) is 4. The average Bonchev–Trinajstić information content (AvgIpc) is 2.90. The van der Waals surface area contributed by atoms with Gasteiger partial charge in [0.05, 0.1) is 25.0 Å². The Hall–Kier alpha value is -1.69. The molecule has 0 aliphatic carbocycles. The monoisotopic (exact) mass is 248 g/mol. The van der Waals surface area contributed by atoms with Crippen molar-refractivity contribution in [2.45, 2.75) is 39.9 Å². The van der Waals surface area contributed by atoms with Crippen LogP contribution in [0.1, 0.15) is 18.3 Å². The Bertz CT molecular complexity index is 473. The Labute approximate surface area is 107 Å². The van der Waals surface area contributed by atoms with E-state index in [1.54, 1.807) is 6.20 Å². The molecule has 6 nitrogen and oxygen atoms in total. The molecule has 1 atom stereocenters. The highest BCUT2D eigenvalue weighted by Crippen LogP contribution is 2.02. The summed E-state index contributed by atoms with van der Waals surface area (Å²) in [5.41, 5.74) is 2.28. The van der Waals surface area contributed by atoms with Crippen LogP contribution < -0.4 is 5.32 Å². The molecule has 2 rings (SSSR count). The Balaban J connectivity index is 1.75. The van der Waals surface area contributed by atoms with E-state index in [9.17, 15) is 0 Å². The summed E-state index contributed by atoms with van der Waals surface area (Å²) in [4.78, 5) is 0. The van der Waals surface area contributed by atoms with Crippen LogP contribution in [0.25, 0.3) is 0 Å². The number of rotatable bonds is 6. The number of hydrogen-bond donors (Lipinski definition) is 1. The molecule has 6 heteroatoms.